The molecule has 0 saturated heterocycles. The molecule has 1 saturated carbocycles. The van der Waals surface area contributed by atoms with E-state index in [1.54, 1.807) is 11.8 Å². The smallest absolute Gasteiger partial charge is 0.226 e. The molecule has 92 valence electrons. The van der Waals surface area contributed by atoms with E-state index in [2.05, 4.69) is 5.32 Å². The summed E-state index contributed by atoms with van der Waals surface area (Å²) in [4.78, 5) is 13.0. The van der Waals surface area contributed by atoms with Crippen molar-refractivity contribution in [3.63, 3.8) is 0 Å². The number of nitrogens with one attached hydrogen (secondary N) is 1. The van der Waals surface area contributed by atoms with Crippen molar-refractivity contribution < 1.29 is 4.79 Å². The van der Waals surface area contributed by atoms with E-state index in [1.807, 2.05) is 30.5 Å². The van der Waals surface area contributed by atoms with Crippen LogP contribution in [0.15, 0.2) is 29.2 Å². The Morgan fingerprint density at radius 1 is 1.41 bits per heavy atom. The Morgan fingerprint density at radius 2 is 2.06 bits per heavy atom. The lowest BCUT2D eigenvalue weighted by Gasteiger charge is -2.37. The molecule has 3 nitrogen and oxygen atoms in total. The molecule has 17 heavy (non-hydrogen) atoms. The average Bonchev–Trinajstić information content (AvgIpc) is 2.28. The molecular weight excluding hydrogens is 232 g/mol. The minimum Gasteiger partial charge on any atom is -0.326 e. The van der Waals surface area contributed by atoms with E-state index < -0.39 is 0 Å². The number of amides is 1. The number of carbonyl (C=O) groups is 1. The first-order chi connectivity index (χ1) is 8.11. The summed E-state index contributed by atoms with van der Waals surface area (Å²) >= 11 is 1.69. The fourth-order valence-corrected chi connectivity index (χ4v) is 2.42. The Balaban J connectivity index is 1.89. The molecule has 2 rings (SSSR count). The Hall–Kier alpha value is -1.00. The molecule has 0 radical (unpaired) electrons. The second-order valence-electron chi connectivity index (χ2n) is 4.67. The Kier molecular flexibility index (Phi) is 3.74. The molecule has 1 aromatic carbocycles. The van der Waals surface area contributed by atoms with E-state index in [1.165, 1.54) is 4.90 Å². The molecule has 0 aliphatic heterocycles. The number of hydrogen-bond donors (Lipinski definition) is 2. The van der Waals surface area contributed by atoms with Crippen molar-refractivity contribution in [2.45, 2.75) is 36.1 Å². The molecule has 0 bridgehead atoms. The van der Waals surface area contributed by atoms with Gasteiger partial charge in [0.15, 0.2) is 0 Å². The minimum absolute atomic E-state index is 0.0177. The summed E-state index contributed by atoms with van der Waals surface area (Å²) in [5, 5.41) is 2.89. The monoisotopic (exact) mass is 250 g/mol. The van der Waals surface area contributed by atoms with E-state index in [9.17, 15) is 4.79 Å². The van der Waals surface area contributed by atoms with Crippen molar-refractivity contribution >= 4 is 23.4 Å². The number of anilines is 1. The first-order valence-electron chi connectivity index (χ1n) is 5.84. The highest BCUT2D eigenvalue weighted by molar-refractivity contribution is 7.98. The van der Waals surface area contributed by atoms with Crippen LogP contribution in [0, 0.1) is 0 Å². The van der Waals surface area contributed by atoms with Gasteiger partial charge in [0.05, 0.1) is 0 Å². The summed E-state index contributed by atoms with van der Waals surface area (Å²) in [6.45, 7) is 0. The summed E-state index contributed by atoms with van der Waals surface area (Å²) in [5.74, 6) is 0.0177. The molecule has 1 aliphatic carbocycles. The maximum Gasteiger partial charge on any atom is 0.226 e. The van der Waals surface area contributed by atoms with Crippen LogP contribution in [0.5, 0.6) is 0 Å². The van der Waals surface area contributed by atoms with Crippen LogP contribution in [-0.2, 0) is 4.79 Å². The molecule has 0 spiro atoms. The molecule has 4 heteroatoms. The Labute approximate surface area is 106 Å². The standard InChI is InChI=1S/C13H18N2OS/c1-17-11-5-3-10(4-6-11)15-12(16)9-13(14)7-2-8-13/h3-6H,2,7-9,14H2,1H3,(H,15,16). The van der Waals surface area contributed by atoms with Gasteiger partial charge in [0.2, 0.25) is 5.91 Å². The first kappa shape index (κ1) is 12.5. The third-order valence-corrected chi connectivity index (χ3v) is 3.98. The van der Waals surface area contributed by atoms with Gasteiger partial charge < -0.3 is 11.1 Å². The van der Waals surface area contributed by atoms with Gasteiger partial charge >= 0.3 is 0 Å². The molecule has 0 unspecified atom stereocenters. The molecular formula is C13H18N2OS. The van der Waals surface area contributed by atoms with Crippen molar-refractivity contribution in [1.29, 1.82) is 0 Å². The van der Waals surface area contributed by atoms with Crippen LogP contribution in [0.25, 0.3) is 0 Å². The van der Waals surface area contributed by atoms with Crippen molar-refractivity contribution in [3.8, 4) is 0 Å². The fraction of sp³-hybridized carbons (Fsp3) is 0.462. The quantitative estimate of drug-likeness (QED) is 0.808. The predicted octanol–water partition coefficient (Wildman–Crippen LogP) is 2.62. The highest BCUT2D eigenvalue weighted by Gasteiger charge is 2.34. The molecule has 1 aliphatic rings. The van der Waals surface area contributed by atoms with Gasteiger partial charge in [-0.25, -0.2) is 0 Å². The summed E-state index contributed by atoms with van der Waals surface area (Å²) in [6, 6.07) is 7.85. The zero-order valence-corrected chi connectivity index (χ0v) is 10.8. The van der Waals surface area contributed by atoms with Crippen LogP contribution in [0.1, 0.15) is 25.7 Å². The Morgan fingerprint density at radius 3 is 2.53 bits per heavy atom. The van der Waals surface area contributed by atoms with E-state index in [0.717, 1.165) is 24.9 Å². The minimum atomic E-state index is -0.247. The van der Waals surface area contributed by atoms with Gasteiger partial charge in [-0.2, -0.15) is 0 Å². The number of rotatable bonds is 4. The largest absolute Gasteiger partial charge is 0.326 e. The molecule has 1 amide bonds. The average molecular weight is 250 g/mol. The predicted molar refractivity (Wildman–Crippen MR) is 72.2 cm³/mol. The SMILES string of the molecule is CSc1ccc(NC(=O)CC2(N)CCC2)cc1. The van der Waals surface area contributed by atoms with E-state index in [0.29, 0.717) is 6.42 Å². The lowest BCUT2D eigenvalue weighted by molar-refractivity contribution is -0.118. The third-order valence-electron chi connectivity index (χ3n) is 3.24. The van der Waals surface area contributed by atoms with Crippen molar-refractivity contribution in [1.82, 2.24) is 0 Å². The number of nitrogens with two attached hydrogens (primary N) is 1. The van der Waals surface area contributed by atoms with Gasteiger partial charge in [-0.15, -0.1) is 11.8 Å². The topological polar surface area (TPSA) is 55.1 Å². The molecule has 0 aromatic heterocycles. The van der Waals surface area contributed by atoms with Gasteiger partial charge in [0.1, 0.15) is 0 Å². The zero-order chi connectivity index (χ0) is 12.3. The third kappa shape index (κ3) is 3.23. The van der Waals surface area contributed by atoms with Gasteiger partial charge in [0.25, 0.3) is 0 Å². The van der Waals surface area contributed by atoms with Crippen molar-refractivity contribution in [2.24, 2.45) is 5.73 Å². The first-order valence-corrected chi connectivity index (χ1v) is 7.07. The van der Waals surface area contributed by atoms with Gasteiger partial charge in [-0.3, -0.25) is 4.79 Å². The highest BCUT2D eigenvalue weighted by atomic mass is 32.2. The summed E-state index contributed by atoms with van der Waals surface area (Å²) in [7, 11) is 0. The molecule has 1 aromatic rings. The van der Waals surface area contributed by atoms with Crippen LogP contribution in [0.2, 0.25) is 0 Å². The summed E-state index contributed by atoms with van der Waals surface area (Å²) in [5.41, 5.74) is 6.64. The van der Waals surface area contributed by atoms with E-state index in [-0.39, 0.29) is 11.4 Å². The van der Waals surface area contributed by atoms with E-state index in [4.69, 9.17) is 5.73 Å². The second kappa shape index (κ2) is 5.10. The molecule has 1 fully saturated rings. The normalized spacial score (nSPS) is 17.3. The number of hydrogen-bond acceptors (Lipinski definition) is 3. The van der Waals surface area contributed by atoms with Gasteiger partial charge in [-0.05, 0) is 49.8 Å². The molecule has 0 heterocycles. The van der Waals surface area contributed by atoms with Crippen LogP contribution in [-0.4, -0.2) is 17.7 Å². The number of carbonyl (C=O) groups excluding carboxylic acids is 1. The maximum absolute atomic E-state index is 11.8. The van der Waals surface area contributed by atoms with Gasteiger partial charge in [0, 0.05) is 22.5 Å². The van der Waals surface area contributed by atoms with Crippen molar-refractivity contribution in [3.05, 3.63) is 24.3 Å². The number of benzene rings is 1. The maximum atomic E-state index is 11.8. The molecule has 0 atom stereocenters. The van der Waals surface area contributed by atoms with Crippen molar-refractivity contribution in [2.75, 3.05) is 11.6 Å². The summed E-state index contributed by atoms with van der Waals surface area (Å²) in [6.07, 6.45) is 5.53. The van der Waals surface area contributed by atoms with E-state index >= 15 is 0 Å². The summed E-state index contributed by atoms with van der Waals surface area (Å²) < 4.78 is 0. The lowest BCUT2D eigenvalue weighted by Crippen LogP contribution is -2.48. The lowest BCUT2D eigenvalue weighted by atomic mass is 9.75. The van der Waals surface area contributed by atoms with Crippen LogP contribution < -0.4 is 11.1 Å². The highest BCUT2D eigenvalue weighted by Crippen LogP contribution is 2.32. The second-order valence-corrected chi connectivity index (χ2v) is 5.55. The fourth-order valence-electron chi connectivity index (χ4n) is 2.01. The molecule has 3 N–H and O–H groups in total. The number of thioether (sulfide) groups is 1. The zero-order valence-electron chi connectivity index (χ0n) is 10.0. The van der Waals surface area contributed by atoms with Crippen LogP contribution >= 0.6 is 11.8 Å². The van der Waals surface area contributed by atoms with Crippen LogP contribution in [0.3, 0.4) is 0 Å². The van der Waals surface area contributed by atoms with Crippen LogP contribution in [0.4, 0.5) is 5.69 Å². The Bertz CT molecular complexity index is 398. The van der Waals surface area contributed by atoms with Gasteiger partial charge in [-0.1, -0.05) is 0 Å².